The van der Waals surface area contributed by atoms with E-state index in [4.69, 9.17) is 11.6 Å². The van der Waals surface area contributed by atoms with Crippen molar-refractivity contribution in [2.45, 2.75) is 36.6 Å². The molecule has 2 aromatic heterocycles. The van der Waals surface area contributed by atoms with Crippen molar-refractivity contribution in [1.29, 1.82) is 0 Å². The minimum absolute atomic E-state index is 0.467. The molecule has 0 spiro atoms. The van der Waals surface area contributed by atoms with Gasteiger partial charge in [-0.05, 0) is 30.5 Å². The Labute approximate surface area is 179 Å². The van der Waals surface area contributed by atoms with Crippen LogP contribution in [-0.2, 0) is 5.75 Å². The molecule has 0 radical (unpaired) electrons. The van der Waals surface area contributed by atoms with Gasteiger partial charge in [0.2, 0.25) is 17.1 Å². The van der Waals surface area contributed by atoms with E-state index >= 15 is 0 Å². The zero-order chi connectivity index (χ0) is 20.1. The fourth-order valence-electron chi connectivity index (χ4n) is 3.12. The van der Waals surface area contributed by atoms with Crippen LogP contribution in [0, 0.1) is 0 Å². The molecule has 0 saturated carbocycles. The number of rotatable bonds is 6. The highest BCUT2D eigenvalue weighted by atomic mass is 35.5. The highest BCUT2D eigenvalue weighted by molar-refractivity contribution is 7.98. The van der Waals surface area contributed by atoms with Crippen molar-refractivity contribution in [2.24, 2.45) is 0 Å². The smallest absolute Gasteiger partial charge is 0.258 e. The molecule has 1 saturated heterocycles. The van der Waals surface area contributed by atoms with Gasteiger partial charge in [0.15, 0.2) is 0 Å². The summed E-state index contributed by atoms with van der Waals surface area (Å²) in [6.07, 6.45) is 6.47. The molecule has 3 aromatic rings. The van der Waals surface area contributed by atoms with Crippen LogP contribution in [-0.4, -0.2) is 49.9 Å². The zero-order valence-corrected chi connectivity index (χ0v) is 17.8. The van der Waals surface area contributed by atoms with E-state index in [2.05, 4.69) is 35.3 Å². The quantitative estimate of drug-likeness (QED) is 0.591. The third-order valence-corrected chi connectivity index (χ3v) is 5.86. The average molecular weight is 431 g/mol. The predicted octanol–water partition coefficient (Wildman–Crippen LogP) is 3.82. The van der Waals surface area contributed by atoms with Crippen LogP contribution in [0.3, 0.4) is 0 Å². The van der Waals surface area contributed by atoms with E-state index in [9.17, 15) is 0 Å². The van der Waals surface area contributed by atoms with Gasteiger partial charge in [0.05, 0.1) is 0 Å². The van der Waals surface area contributed by atoms with E-state index in [1.165, 1.54) is 12.8 Å². The Morgan fingerprint density at radius 3 is 2.45 bits per heavy atom. The van der Waals surface area contributed by atoms with E-state index in [0.717, 1.165) is 42.3 Å². The lowest BCUT2D eigenvalue weighted by Crippen LogP contribution is -2.27. The Bertz CT molecular complexity index is 938. The van der Waals surface area contributed by atoms with Crippen LogP contribution >= 0.6 is 23.4 Å². The van der Waals surface area contributed by atoms with Crippen molar-refractivity contribution in [3.05, 3.63) is 41.2 Å². The van der Waals surface area contributed by atoms with Crippen molar-refractivity contribution in [2.75, 3.05) is 30.4 Å². The summed E-state index contributed by atoms with van der Waals surface area (Å²) < 4.78 is 1.61. The third kappa shape index (κ3) is 5.16. The van der Waals surface area contributed by atoms with Crippen LogP contribution in [0.2, 0.25) is 5.02 Å². The van der Waals surface area contributed by atoms with Gasteiger partial charge < -0.3 is 10.2 Å². The molecular formula is C19H23ClN8S. The monoisotopic (exact) mass is 430 g/mol. The topological polar surface area (TPSA) is 84.7 Å². The standard InChI is InChI=1S/C19H23ClN8S/c1-21-16-23-17(27-10-4-2-3-5-11-27)25-18(24-16)28-13-22-19(26-28)29-12-14-6-8-15(20)9-7-14/h6-9,13H,2-5,10-12H2,1H3,(H,21,23,24,25). The molecule has 0 unspecified atom stereocenters. The van der Waals surface area contributed by atoms with E-state index in [0.29, 0.717) is 23.0 Å². The normalized spacial score (nSPS) is 14.6. The second-order valence-corrected chi connectivity index (χ2v) is 8.18. The molecule has 152 valence electrons. The van der Waals surface area contributed by atoms with Crippen molar-refractivity contribution in [3.63, 3.8) is 0 Å². The van der Waals surface area contributed by atoms with Gasteiger partial charge in [0.25, 0.3) is 5.95 Å². The van der Waals surface area contributed by atoms with Gasteiger partial charge >= 0.3 is 0 Å². The molecule has 1 fully saturated rings. The maximum absolute atomic E-state index is 5.94. The Hall–Kier alpha value is -2.39. The lowest BCUT2D eigenvalue weighted by molar-refractivity contribution is 0.726. The summed E-state index contributed by atoms with van der Waals surface area (Å²) in [6, 6.07) is 7.78. The van der Waals surface area contributed by atoms with Crippen LogP contribution in [0.15, 0.2) is 35.7 Å². The molecule has 0 atom stereocenters. The number of thioether (sulfide) groups is 1. The fraction of sp³-hybridized carbons (Fsp3) is 0.421. The Balaban J connectivity index is 1.51. The summed E-state index contributed by atoms with van der Waals surface area (Å²) in [7, 11) is 1.81. The molecule has 0 aliphatic carbocycles. The second kappa shape index (κ2) is 9.41. The molecule has 10 heteroatoms. The number of nitrogens with one attached hydrogen (secondary N) is 1. The number of benzene rings is 1. The lowest BCUT2D eigenvalue weighted by atomic mass is 10.2. The Morgan fingerprint density at radius 2 is 1.72 bits per heavy atom. The van der Waals surface area contributed by atoms with E-state index in [1.54, 1.807) is 29.8 Å². The van der Waals surface area contributed by atoms with E-state index in [-0.39, 0.29) is 0 Å². The summed E-state index contributed by atoms with van der Waals surface area (Å²) >= 11 is 7.50. The molecule has 1 N–H and O–H groups in total. The fourth-order valence-corrected chi connectivity index (χ4v) is 4.00. The molecule has 3 heterocycles. The first-order chi connectivity index (χ1) is 14.2. The number of hydrogen-bond acceptors (Lipinski definition) is 8. The van der Waals surface area contributed by atoms with E-state index < -0.39 is 0 Å². The molecule has 4 rings (SSSR count). The Morgan fingerprint density at radius 1 is 1.00 bits per heavy atom. The van der Waals surface area contributed by atoms with Crippen molar-refractivity contribution >= 4 is 35.3 Å². The number of halogens is 1. The maximum Gasteiger partial charge on any atom is 0.258 e. The summed E-state index contributed by atoms with van der Waals surface area (Å²) in [5.74, 6) is 2.45. The maximum atomic E-state index is 5.94. The van der Waals surface area contributed by atoms with Gasteiger partial charge in [0, 0.05) is 30.9 Å². The van der Waals surface area contributed by atoms with E-state index in [1.807, 2.05) is 24.3 Å². The molecule has 29 heavy (non-hydrogen) atoms. The third-order valence-electron chi connectivity index (χ3n) is 4.68. The molecule has 0 bridgehead atoms. The van der Waals surface area contributed by atoms with Crippen LogP contribution in [0.1, 0.15) is 31.2 Å². The number of anilines is 2. The first kappa shape index (κ1) is 19.9. The van der Waals surface area contributed by atoms with Gasteiger partial charge in [-0.2, -0.15) is 19.6 Å². The average Bonchev–Trinajstić information content (AvgIpc) is 3.06. The number of aromatic nitrogens is 6. The van der Waals surface area contributed by atoms with Gasteiger partial charge in [-0.3, -0.25) is 0 Å². The minimum Gasteiger partial charge on any atom is -0.357 e. The van der Waals surface area contributed by atoms with Crippen molar-refractivity contribution in [3.8, 4) is 5.95 Å². The van der Waals surface area contributed by atoms with Crippen molar-refractivity contribution < 1.29 is 0 Å². The zero-order valence-electron chi connectivity index (χ0n) is 16.3. The first-order valence-electron chi connectivity index (χ1n) is 9.69. The van der Waals surface area contributed by atoms with Crippen LogP contribution < -0.4 is 10.2 Å². The Kier molecular flexibility index (Phi) is 6.46. The van der Waals surface area contributed by atoms with Crippen LogP contribution in [0.25, 0.3) is 5.95 Å². The van der Waals surface area contributed by atoms with Gasteiger partial charge in [-0.1, -0.05) is 48.3 Å². The van der Waals surface area contributed by atoms with Gasteiger partial charge in [0.1, 0.15) is 6.33 Å². The van der Waals surface area contributed by atoms with Gasteiger partial charge in [-0.15, -0.1) is 5.10 Å². The largest absolute Gasteiger partial charge is 0.357 e. The summed E-state index contributed by atoms with van der Waals surface area (Å²) in [4.78, 5) is 20.3. The van der Waals surface area contributed by atoms with Gasteiger partial charge in [-0.25, -0.2) is 4.98 Å². The summed E-state index contributed by atoms with van der Waals surface area (Å²) in [6.45, 7) is 1.93. The SMILES string of the molecule is CNc1nc(N2CCCCCC2)nc(-n2cnc(SCc3ccc(Cl)cc3)n2)n1. The highest BCUT2D eigenvalue weighted by Gasteiger charge is 2.17. The second-order valence-electron chi connectivity index (χ2n) is 6.80. The molecule has 8 nitrogen and oxygen atoms in total. The summed E-state index contributed by atoms with van der Waals surface area (Å²) in [5, 5.41) is 8.96. The minimum atomic E-state index is 0.467. The molecule has 1 aliphatic rings. The molecular weight excluding hydrogens is 408 g/mol. The van der Waals surface area contributed by atoms with Crippen LogP contribution in [0.5, 0.6) is 0 Å². The first-order valence-corrected chi connectivity index (χ1v) is 11.1. The lowest BCUT2D eigenvalue weighted by Gasteiger charge is -2.20. The molecule has 1 aliphatic heterocycles. The molecule has 1 aromatic carbocycles. The number of nitrogens with zero attached hydrogens (tertiary/aromatic N) is 7. The number of hydrogen-bond donors (Lipinski definition) is 1. The molecule has 0 amide bonds. The van der Waals surface area contributed by atoms with Crippen molar-refractivity contribution in [1.82, 2.24) is 29.7 Å². The summed E-state index contributed by atoms with van der Waals surface area (Å²) in [5.41, 5.74) is 1.16. The predicted molar refractivity (Wildman–Crippen MR) is 116 cm³/mol. The highest BCUT2D eigenvalue weighted by Crippen LogP contribution is 2.22. The van der Waals surface area contributed by atoms with Crippen LogP contribution in [0.4, 0.5) is 11.9 Å².